The second kappa shape index (κ2) is 8.57. The largest absolute Gasteiger partial charge is 0.328 e. The molecule has 0 aliphatic rings. The number of carbonyl (C=O) groups is 2. The standard InChI is InChI=1S/C21H24N4O3S/c1-13-5-7-15(8-6-13)22-19(26)12-29-14(2)20(27)23-16-9-10-17-18(11-16)25(4)21(28)24(17)3/h5-11,14H,12H2,1-4H3,(H,22,26)(H,23,27). The fraction of sp³-hybridized carbons (Fsp3) is 0.286. The van der Waals surface area contributed by atoms with Crippen molar-refractivity contribution in [3.63, 3.8) is 0 Å². The lowest BCUT2D eigenvalue weighted by Gasteiger charge is -2.12. The van der Waals surface area contributed by atoms with Gasteiger partial charge in [-0.2, -0.15) is 0 Å². The van der Waals surface area contributed by atoms with Gasteiger partial charge in [0.25, 0.3) is 0 Å². The highest BCUT2D eigenvalue weighted by Crippen LogP contribution is 2.20. The normalized spacial score (nSPS) is 12.0. The van der Waals surface area contributed by atoms with Crippen molar-refractivity contribution >= 4 is 46.0 Å². The number of hydrogen-bond donors (Lipinski definition) is 2. The summed E-state index contributed by atoms with van der Waals surface area (Å²) in [6.07, 6.45) is 0. The molecule has 3 rings (SSSR count). The number of aromatic nitrogens is 2. The third kappa shape index (κ3) is 4.71. The topological polar surface area (TPSA) is 85.1 Å². The minimum atomic E-state index is -0.408. The lowest BCUT2D eigenvalue weighted by atomic mass is 10.2. The first-order chi connectivity index (χ1) is 13.8. The van der Waals surface area contributed by atoms with Crippen LogP contribution < -0.4 is 16.3 Å². The molecule has 0 radical (unpaired) electrons. The van der Waals surface area contributed by atoms with Gasteiger partial charge in [0.15, 0.2) is 0 Å². The van der Waals surface area contributed by atoms with E-state index in [0.717, 1.165) is 22.3 Å². The van der Waals surface area contributed by atoms with Crippen LogP contribution >= 0.6 is 11.8 Å². The van der Waals surface area contributed by atoms with Crippen LogP contribution in [0.25, 0.3) is 11.0 Å². The molecule has 0 saturated carbocycles. The third-order valence-corrected chi connectivity index (χ3v) is 5.85. The maximum atomic E-state index is 12.5. The van der Waals surface area contributed by atoms with E-state index in [1.165, 1.54) is 11.8 Å². The molecule has 1 aromatic heterocycles. The number of aryl methyl sites for hydroxylation is 3. The van der Waals surface area contributed by atoms with E-state index in [0.29, 0.717) is 5.69 Å². The fourth-order valence-corrected chi connectivity index (χ4v) is 3.62. The van der Waals surface area contributed by atoms with Crippen LogP contribution in [0.15, 0.2) is 47.3 Å². The Labute approximate surface area is 173 Å². The van der Waals surface area contributed by atoms with E-state index in [4.69, 9.17) is 0 Å². The summed E-state index contributed by atoms with van der Waals surface area (Å²) in [5.41, 5.74) is 3.89. The molecule has 29 heavy (non-hydrogen) atoms. The summed E-state index contributed by atoms with van der Waals surface area (Å²) in [5.74, 6) is -0.174. The van der Waals surface area contributed by atoms with Crippen molar-refractivity contribution in [3.8, 4) is 0 Å². The van der Waals surface area contributed by atoms with Gasteiger partial charge in [-0.1, -0.05) is 17.7 Å². The van der Waals surface area contributed by atoms with Crippen molar-refractivity contribution in [2.24, 2.45) is 14.1 Å². The SMILES string of the molecule is Cc1ccc(NC(=O)CSC(C)C(=O)Nc2ccc3c(c2)n(C)c(=O)n3C)cc1. The molecule has 152 valence electrons. The first-order valence-electron chi connectivity index (χ1n) is 9.20. The second-order valence-corrected chi connectivity index (χ2v) is 8.29. The van der Waals surface area contributed by atoms with Crippen molar-refractivity contribution in [3.05, 3.63) is 58.5 Å². The molecule has 0 bridgehead atoms. The summed E-state index contributed by atoms with van der Waals surface area (Å²) in [4.78, 5) is 36.6. The van der Waals surface area contributed by atoms with E-state index in [1.54, 1.807) is 48.4 Å². The molecule has 0 saturated heterocycles. The Morgan fingerprint density at radius 1 is 0.966 bits per heavy atom. The number of anilines is 2. The monoisotopic (exact) mass is 412 g/mol. The highest BCUT2D eigenvalue weighted by molar-refractivity contribution is 8.01. The van der Waals surface area contributed by atoms with Gasteiger partial charge in [0.1, 0.15) is 0 Å². The summed E-state index contributed by atoms with van der Waals surface area (Å²) in [6, 6.07) is 12.9. The van der Waals surface area contributed by atoms with Crippen LogP contribution in [-0.4, -0.2) is 32.0 Å². The number of hydrogen-bond acceptors (Lipinski definition) is 4. The summed E-state index contributed by atoms with van der Waals surface area (Å²) in [5, 5.41) is 5.27. The molecule has 1 heterocycles. The first kappa shape index (κ1) is 20.7. The van der Waals surface area contributed by atoms with Crippen molar-refractivity contribution in [1.82, 2.24) is 9.13 Å². The van der Waals surface area contributed by atoms with Crippen LogP contribution in [0.2, 0.25) is 0 Å². The predicted molar refractivity (Wildman–Crippen MR) is 119 cm³/mol. The summed E-state index contributed by atoms with van der Waals surface area (Å²) < 4.78 is 3.10. The highest BCUT2D eigenvalue weighted by Gasteiger charge is 2.16. The summed E-state index contributed by atoms with van der Waals surface area (Å²) in [6.45, 7) is 3.74. The number of fused-ring (bicyclic) bond motifs is 1. The van der Waals surface area contributed by atoms with Crippen LogP contribution in [0.5, 0.6) is 0 Å². The van der Waals surface area contributed by atoms with Gasteiger partial charge in [-0.25, -0.2) is 4.79 Å². The Morgan fingerprint density at radius 2 is 1.59 bits per heavy atom. The molecule has 1 unspecified atom stereocenters. The summed E-state index contributed by atoms with van der Waals surface area (Å²) >= 11 is 1.26. The number of imidazole rings is 1. The molecular weight excluding hydrogens is 388 g/mol. The molecule has 2 N–H and O–H groups in total. The van der Waals surface area contributed by atoms with Crippen LogP contribution in [-0.2, 0) is 23.7 Å². The van der Waals surface area contributed by atoms with Gasteiger partial charge < -0.3 is 10.6 Å². The minimum Gasteiger partial charge on any atom is -0.325 e. The number of carbonyl (C=O) groups excluding carboxylic acids is 2. The smallest absolute Gasteiger partial charge is 0.325 e. The molecule has 0 aliphatic carbocycles. The fourth-order valence-electron chi connectivity index (χ4n) is 2.94. The van der Waals surface area contributed by atoms with Gasteiger partial charge in [0.2, 0.25) is 11.8 Å². The van der Waals surface area contributed by atoms with Crippen molar-refractivity contribution in [1.29, 1.82) is 0 Å². The average Bonchev–Trinajstić information content (AvgIpc) is 2.91. The molecule has 0 spiro atoms. The first-order valence-corrected chi connectivity index (χ1v) is 10.3. The van der Waals surface area contributed by atoms with Crippen LogP contribution in [0.3, 0.4) is 0 Å². The van der Waals surface area contributed by atoms with E-state index in [9.17, 15) is 14.4 Å². The summed E-state index contributed by atoms with van der Waals surface area (Å²) in [7, 11) is 3.41. The molecule has 8 heteroatoms. The van der Waals surface area contributed by atoms with Crippen LogP contribution in [0, 0.1) is 6.92 Å². The quantitative estimate of drug-likeness (QED) is 0.652. The van der Waals surface area contributed by atoms with E-state index in [1.807, 2.05) is 31.2 Å². The maximum Gasteiger partial charge on any atom is 0.328 e. The zero-order valence-corrected chi connectivity index (χ0v) is 17.7. The minimum absolute atomic E-state index is 0.119. The molecule has 0 fully saturated rings. The second-order valence-electron chi connectivity index (χ2n) is 6.96. The average molecular weight is 413 g/mol. The Morgan fingerprint density at radius 3 is 2.28 bits per heavy atom. The van der Waals surface area contributed by atoms with Crippen molar-refractivity contribution < 1.29 is 9.59 Å². The van der Waals surface area contributed by atoms with E-state index < -0.39 is 5.25 Å². The third-order valence-electron chi connectivity index (χ3n) is 4.71. The van der Waals surface area contributed by atoms with Gasteiger partial charge in [0, 0.05) is 25.5 Å². The number of benzene rings is 2. The Hall–Kier alpha value is -3.00. The van der Waals surface area contributed by atoms with Gasteiger partial charge in [-0.15, -0.1) is 11.8 Å². The Balaban J connectivity index is 1.57. The molecular formula is C21H24N4O3S. The number of amides is 2. The van der Waals surface area contributed by atoms with E-state index >= 15 is 0 Å². The Kier molecular flexibility index (Phi) is 6.12. The number of thioether (sulfide) groups is 1. The van der Waals surface area contributed by atoms with Gasteiger partial charge in [-0.3, -0.25) is 18.7 Å². The van der Waals surface area contributed by atoms with Gasteiger partial charge >= 0.3 is 5.69 Å². The van der Waals surface area contributed by atoms with Crippen LogP contribution in [0.1, 0.15) is 12.5 Å². The number of nitrogens with one attached hydrogen (secondary N) is 2. The van der Waals surface area contributed by atoms with Crippen molar-refractivity contribution in [2.75, 3.05) is 16.4 Å². The van der Waals surface area contributed by atoms with Gasteiger partial charge in [-0.05, 0) is 44.2 Å². The highest BCUT2D eigenvalue weighted by atomic mass is 32.2. The molecule has 1 atom stereocenters. The molecule has 7 nitrogen and oxygen atoms in total. The molecule has 0 aliphatic heterocycles. The molecule has 3 aromatic rings. The molecule has 2 aromatic carbocycles. The van der Waals surface area contributed by atoms with E-state index in [2.05, 4.69) is 10.6 Å². The lowest BCUT2D eigenvalue weighted by Crippen LogP contribution is -2.25. The van der Waals surface area contributed by atoms with E-state index in [-0.39, 0.29) is 23.3 Å². The predicted octanol–water partition coefficient (Wildman–Crippen LogP) is 2.88. The number of nitrogens with zero attached hydrogens (tertiary/aromatic N) is 2. The zero-order valence-electron chi connectivity index (χ0n) is 16.9. The number of rotatable bonds is 6. The van der Waals surface area contributed by atoms with Crippen LogP contribution in [0.4, 0.5) is 11.4 Å². The zero-order chi connectivity index (χ0) is 21.1. The maximum absolute atomic E-state index is 12.5. The van der Waals surface area contributed by atoms with Gasteiger partial charge in [0.05, 0.1) is 22.0 Å². The lowest BCUT2D eigenvalue weighted by molar-refractivity contribution is -0.115. The Bertz CT molecular complexity index is 1120. The molecule has 2 amide bonds. The van der Waals surface area contributed by atoms with Crippen molar-refractivity contribution in [2.45, 2.75) is 19.1 Å².